The molecule has 0 atom stereocenters. The number of hydrogen-bond acceptors (Lipinski definition) is 1. The maximum absolute atomic E-state index is 10.7. The van der Waals surface area contributed by atoms with Crippen LogP contribution in [0.5, 0.6) is 0 Å². The summed E-state index contributed by atoms with van der Waals surface area (Å²) >= 11 is 0. The average molecular weight is 191 g/mol. The van der Waals surface area contributed by atoms with E-state index in [2.05, 4.69) is 0 Å². The van der Waals surface area contributed by atoms with Crippen LogP contribution in [-0.2, 0) is 0 Å². The lowest BCUT2D eigenvalue weighted by atomic mass is 9.99. The summed E-state index contributed by atoms with van der Waals surface area (Å²) in [4.78, 5) is 10.7. The third kappa shape index (κ3) is 2.33. The van der Waals surface area contributed by atoms with Crippen LogP contribution in [0.25, 0.3) is 0 Å². The lowest BCUT2D eigenvalue weighted by Gasteiger charge is -2.06. The van der Waals surface area contributed by atoms with Crippen molar-refractivity contribution in [1.82, 2.24) is 0 Å². The summed E-state index contributed by atoms with van der Waals surface area (Å²) in [5, 5.41) is 8.78. The Kier molecular flexibility index (Phi) is 4.19. The molecule has 3 heteroatoms. The van der Waals surface area contributed by atoms with Gasteiger partial charge in [0.05, 0.1) is 5.56 Å². The van der Waals surface area contributed by atoms with Gasteiger partial charge in [-0.05, 0) is 43.5 Å². The van der Waals surface area contributed by atoms with E-state index in [1.54, 1.807) is 6.07 Å². The molecule has 0 unspecified atom stereocenters. The monoisotopic (exact) mass is 191 g/mol. The minimum Gasteiger partial charge on any atom is -0.478 e. The molecular weight excluding hydrogens is 179 g/mol. The molecule has 0 saturated carbocycles. The highest BCUT2D eigenvalue weighted by molar-refractivity contribution is 5.89. The average Bonchev–Trinajstić information content (AvgIpc) is 2.00. The van der Waals surface area contributed by atoms with Crippen LogP contribution < -0.4 is 0 Å². The smallest absolute Gasteiger partial charge is 0.335 e. The van der Waals surface area contributed by atoms with Gasteiger partial charge >= 0.3 is 5.97 Å². The number of carboxylic acid groups (broad SMARTS) is 1. The molecule has 1 aromatic carbocycles. The molecule has 0 aliphatic rings. The fraction of sp³-hybridized carbons (Fsp3) is 0.300. The first-order valence-corrected chi connectivity index (χ1v) is 3.84. The van der Waals surface area contributed by atoms with Crippen LogP contribution in [0.1, 0.15) is 27.0 Å². The molecule has 1 rings (SSSR count). The van der Waals surface area contributed by atoms with Gasteiger partial charge in [-0.15, -0.1) is 0 Å². The second kappa shape index (κ2) is 4.46. The molecule has 3 radical (unpaired) electrons. The van der Waals surface area contributed by atoms with Crippen LogP contribution in [0.3, 0.4) is 0 Å². The third-order valence-corrected chi connectivity index (χ3v) is 2.29. The van der Waals surface area contributed by atoms with Crippen LogP contribution in [-0.4, -0.2) is 28.4 Å². The van der Waals surface area contributed by atoms with E-state index in [9.17, 15) is 4.79 Å². The SMILES string of the molecule is Cc1ccc(C(=O)O)c(C)c1C.[Al]. The Labute approximate surface area is 88.7 Å². The minimum absolute atomic E-state index is 0. The number of carboxylic acids is 1. The van der Waals surface area contributed by atoms with Crippen LogP contribution in [0.15, 0.2) is 12.1 Å². The zero-order valence-electron chi connectivity index (χ0n) is 8.09. The number of carbonyl (C=O) groups is 1. The first-order chi connectivity index (χ1) is 5.54. The van der Waals surface area contributed by atoms with E-state index < -0.39 is 5.97 Å². The summed E-state index contributed by atoms with van der Waals surface area (Å²) in [7, 11) is 0. The summed E-state index contributed by atoms with van der Waals surface area (Å²) in [6.07, 6.45) is 0. The van der Waals surface area contributed by atoms with E-state index in [-0.39, 0.29) is 17.4 Å². The Morgan fingerprint density at radius 1 is 1.15 bits per heavy atom. The van der Waals surface area contributed by atoms with Crippen molar-refractivity contribution in [2.24, 2.45) is 0 Å². The largest absolute Gasteiger partial charge is 0.478 e. The van der Waals surface area contributed by atoms with Crippen molar-refractivity contribution < 1.29 is 9.90 Å². The van der Waals surface area contributed by atoms with Gasteiger partial charge in [-0.1, -0.05) is 6.07 Å². The molecule has 1 N–H and O–H groups in total. The second-order valence-electron chi connectivity index (χ2n) is 2.99. The van der Waals surface area contributed by atoms with E-state index in [1.807, 2.05) is 26.8 Å². The third-order valence-electron chi connectivity index (χ3n) is 2.29. The maximum Gasteiger partial charge on any atom is 0.335 e. The molecule has 13 heavy (non-hydrogen) atoms. The molecule has 1 aromatic rings. The highest BCUT2D eigenvalue weighted by atomic mass is 27.0. The predicted molar refractivity (Wildman–Crippen MR) is 53.4 cm³/mol. The standard InChI is InChI=1S/C10H12O2.Al/c1-6-4-5-9(10(11)12)8(3)7(6)2;/h4-5H,1-3H3,(H,11,12);. The topological polar surface area (TPSA) is 37.3 Å². The first-order valence-electron chi connectivity index (χ1n) is 3.84. The van der Waals surface area contributed by atoms with Gasteiger partial charge < -0.3 is 5.11 Å². The molecule has 0 bridgehead atoms. The fourth-order valence-corrected chi connectivity index (χ4v) is 1.19. The zero-order chi connectivity index (χ0) is 9.30. The summed E-state index contributed by atoms with van der Waals surface area (Å²) in [6, 6.07) is 3.49. The van der Waals surface area contributed by atoms with Crippen LogP contribution in [0.2, 0.25) is 0 Å². The van der Waals surface area contributed by atoms with Gasteiger partial charge in [-0.25, -0.2) is 4.79 Å². The molecule has 0 aliphatic heterocycles. The highest BCUT2D eigenvalue weighted by Crippen LogP contribution is 2.16. The van der Waals surface area contributed by atoms with Crippen LogP contribution >= 0.6 is 0 Å². The lowest BCUT2D eigenvalue weighted by Crippen LogP contribution is -2.01. The molecular formula is C10H12AlO2. The molecule has 0 amide bonds. The molecule has 0 aromatic heterocycles. The van der Waals surface area contributed by atoms with E-state index in [1.165, 1.54) is 0 Å². The van der Waals surface area contributed by atoms with Crippen molar-refractivity contribution >= 4 is 23.3 Å². The van der Waals surface area contributed by atoms with Crippen molar-refractivity contribution in [2.45, 2.75) is 20.8 Å². The van der Waals surface area contributed by atoms with Crippen LogP contribution in [0, 0.1) is 20.8 Å². The van der Waals surface area contributed by atoms with E-state index >= 15 is 0 Å². The minimum atomic E-state index is -0.851. The van der Waals surface area contributed by atoms with Gasteiger partial charge in [0.2, 0.25) is 0 Å². The summed E-state index contributed by atoms with van der Waals surface area (Å²) in [6.45, 7) is 5.76. The Bertz CT molecular complexity index is 332. The molecule has 0 fully saturated rings. The molecule has 0 heterocycles. The number of hydrogen-bond donors (Lipinski definition) is 1. The van der Waals surface area contributed by atoms with Gasteiger partial charge in [0, 0.05) is 17.4 Å². The van der Waals surface area contributed by atoms with Crippen molar-refractivity contribution in [1.29, 1.82) is 0 Å². The van der Waals surface area contributed by atoms with Crippen molar-refractivity contribution in [2.75, 3.05) is 0 Å². The summed E-state index contributed by atoms with van der Waals surface area (Å²) < 4.78 is 0. The molecule has 67 valence electrons. The molecule has 0 saturated heterocycles. The molecule has 0 spiro atoms. The molecule has 0 aliphatic carbocycles. The number of aromatic carboxylic acids is 1. The van der Waals surface area contributed by atoms with Gasteiger partial charge in [0.15, 0.2) is 0 Å². The molecule has 2 nitrogen and oxygen atoms in total. The van der Waals surface area contributed by atoms with E-state index in [4.69, 9.17) is 5.11 Å². The quantitative estimate of drug-likeness (QED) is 0.688. The zero-order valence-corrected chi connectivity index (χ0v) is 9.24. The predicted octanol–water partition coefficient (Wildman–Crippen LogP) is 1.93. The first kappa shape index (κ1) is 12.2. The van der Waals surface area contributed by atoms with Gasteiger partial charge in [0.1, 0.15) is 0 Å². The highest BCUT2D eigenvalue weighted by Gasteiger charge is 2.08. The van der Waals surface area contributed by atoms with Crippen molar-refractivity contribution in [3.63, 3.8) is 0 Å². The summed E-state index contributed by atoms with van der Waals surface area (Å²) in [5.41, 5.74) is 3.47. The number of aryl methyl sites for hydroxylation is 1. The van der Waals surface area contributed by atoms with Crippen LogP contribution in [0.4, 0.5) is 0 Å². The lowest BCUT2D eigenvalue weighted by molar-refractivity contribution is 0.0696. The Balaban J connectivity index is 0.00000144. The normalized spacial score (nSPS) is 9.15. The second-order valence-corrected chi connectivity index (χ2v) is 2.99. The Morgan fingerprint density at radius 2 is 1.69 bits per heavy atom. The Hall–Kier alpha value is -0.778. The number of benzene rings is 1. The van der Waals surface area contributed by atoms with Crippen molar-refractivity contribution in [3.05, 3.63) is 34.4 Å². The van der Waals surface area contributed by atoms with Crippen molar-refractivity contribution in [3.8, 4) is 0 Å². The fourth-order valence-electron chi connectivity index (χ4n) is 1.19. The van der Waals surface area contributed by atoms with Gasteiger partial charge in [-0.2, -0.15) is 0 Å². The van der Waals surface area contributed by atoms with Gasteiger partial charge in [0.25, 0.3) is 0 Å². The van der Waals surface area contributed by atoms with Gasteiger partial charge in [-0.3, -0.25) is 0 Å². The van der Waals surface area contributed by atoms with E-state index in [0.29, 0.717) is 5.56 Å². The van der Waals surface area contributed by atoms with E-state index in [0.717, 1.165) is 16.7 Å². The Morgan fingerprint density at radius 3 is 2.15 bits per heavy atom. The maximum atomic E-state index is 10.7. The summed E-state index contributed by atoms with van der Waals surface area (Å²) in [5.74, 6) is -0.851. The number of rotatable bonds is 1.